The Morgan fingerprint density at radius 1 is 0.971 bits per heavy atom. The molecular weight excluding hydrogens is 451 g/mol. The molecule has 5 rings (SSSR count). The van der Waals surface area contributed by atoms with Crippen LogP contribution in [-0.4, -0.2) is 21.0 Å². The number of nitrogens with two attached hydrogens (primary N) is 1. The number of aryl methyl sites for hydroxylation is 1. The van der Waals surface area contributed by atoms with Crippen molar-refractivity contribution >= 4 is 44.6 Å². The molecule has 0 radical (unpaired) electrons. The number of aromatic nitrogens is 3. The molecule has 0 atom stereocenters. The molecule has 0 spiro atoms. The van der Waals surface area contributed by atoms with Crippen molar-refractivity contribution in [1.82, 2.24) is 15.0 Å². The van der Waals surface area contributed by atoms with Gasteiger partial charge in [0.25, 0.3) is 0 Å². The lowest BCUT2D eigenvalue weighted by Crippen LogP contribution is -2.20. The zero-order chi connectivity index (χ0) is 23.7. The molecule has 4 N–H and O–H groups in total. The molecule has 0 bridgehead atoms. The van der Waals surface area contributed by atoms with Gasteiger partial charge in [-0.3, -0.25) is 0 Å². The molecule has 0 saturated heterocycles. The van der Waals surface area contributed by atoms with Gasteiger partial charge in [-0.1, -0.05) is 18.2 Å². The van der Waals surface area contributed by atoms with Crippen molar-refractivity contribution in [3.05, 3.63) is 84.1 Å². The molecule has 0 aliphatic rings. The van der Waals surface area contributed by atoms with Crippen LogP contribution in [0, 0.1) is 12.7 Å². The molecule has 7 nitrogen and oxygen atoms in total. The van der Waals surface area contributed by atoms with Crippen LogP contribution in [-0.2, 0) is 0 Å². The van der Waals surface area contributed by atoms with Gasteiger partial charge in [-0.25, -0.2) is 24.1 Å². The number of carbonyl (C=O) groups is 1. The van der Waals surface area contributed by atoms with Crippen molar-refractivity contribution < 1.29 is 9.18 Å². The smallest absolute Gasteiger partial charge is 0.323 e. The average Bonchev–Trinajstić information content (AvgIpc) is 3.29. The van der Waals surface area contributed by atoms with E-state index in [-0.39, 0.29) is 5.69 Å². The summed E-state index contributed by atoms with van der Waals surface area (Å²) in [4.78, 5) is 24.9. The van der Waals surface area contributed by atoms with Crippen LogP contribution in [0.1, 0.15) is 5.56 Å². The van der Waals surface area contributed by atoms with Crippen LogP contribution >= 0.6 is 11.3 Å². The second kappa shape index (κ2) is 8.87. The third-order valence-corrected chi connectivity index (χ3v) is 6.33. The minimum Gasteiger partial charge on any atom is -0.383 e. The Kier molecular flexibility index (Phi) is 5.60. The summed E-state index contributed by atoms with van der Waals surface area (Å²) in [5.41, 5.74) is 11.4. The number of benzene rings is 2. The first-order valence-corrected chi connectivity index (χ1v) is 11.2. The van der Waals surface area contributed by atoms with Gasteiger partial charge in [0.2, 0.25) is 0 Å². The monoisotopic (exact) mass is 470 g/mol. The van der Waals surface area contributed by atoms with Crippen molar-refractivity contribution in [3.63, 3.8) is 0 Å². The highest BCUT2D eigenvalue weighted by molar-refractivity contribution is 7.18. The Morgan fingerprint density at radius 3 is 2.50 bits per heavy atom. The van der Waals surface area contributed by atoms with Crippen LogP contribution in [0.4, 0.5) is 26.4 Å². The Bertz CT molecular complexity index is 1500. The fraction of sp³-hybridized carbons (Fsp3) is 0.0400. The fourth-order valence-corrected chi connectivity index (χ4v) is 4.80. The van der Waals surface area contributed by atoms with Crippen molar-refractivity contribution in [3.8, 4) is 22.3 Å². The van der Waals surface area contributed by atoms with E-state index in [4.69, 9.17) is 5.73 Å². The molecule has 0 saturated carbocycles. The molecule has 0 aliphatic carbocycles. The summed E-state index contributed by atoms with van der Waals surface area (Å²) in [5, 5.41) is 8.15. The Balaban J connectivity index is 1.40. The van der Waals surface area contributed by atoms with Crippen LogP contribution in [0.25, 0.3) is 32.3 Å². The molecular formula is C25H19FN6OS. The van der Waals surface area contributed by atoms with E-state index in [1.165, 1.54) is 12.4 Å². The van der Waals surface area contributed by atoms with Gasteiger partial charge in [-0.05, 0) is 47.7 Å². The molecule has 0 unspecified atom stereocenters. The van der Waals surface area contributed by atoms with E-state index in [0.29, 0.717) is 11.5 Å². The van der Waals surface area contributed by atoms with Gasteiger partial charge in [-0.15, -0.1) is 11.3 Å². The number of carbonyl (C=O) groups excluding carboxylic acids is 1. The molecule has 9 heteroatoms. The van der Waals surface area contributed by atoms with Crippen molar-refractivity contribution in [2.24, 2.45) is 0 Å². The van der Waals surface area contributed by atoms with Crippen LogP contribution in [0.3, 0.4) is 0 Å². The molecule has 34 heavy (non-hydrogen) atoms. The summed E-state index contributed by atoms with van der Waals surface area (Å²) in [5.74, 6) is -0.0540. The molecule has 2 amide bonds. The number of fused-ring (bicyclic) bond motifs is 1. The van der Waals surface area contributed by atoms with Gasteiger partial charge in [0, 0.05) is 51.1 Å². The highest BCUT2D eigenvalue weighted by atomic mass is 32.1. The number of hydrogen-bond donors (Lipinski definition) is 3. The van der Waals surface area contributed by atoms with Crippen LogP contribution in [0.5, 0.6) is 0 Å². The summed E-state index contributed by atoms with van der Waals surface area (Å²) in [6.45, 7) is 1.83. The first-order valence-electron chi connectivity index (χ1n) is 10.4. The molecule has 3 aromatic heterocycles. The molecule has 5 aromatic rings. The zero-order valence-corrected chi connectivity index (χ0v) is 18.9. The van der Waals surface area contributed by atoms with Gasteiger partial charge >= 0.3 is 6.03 Å². The Morgan fingerprint density at radius 2 is 1.74 bits per heavy atom. The minimum atomic E-state index is -0.526. The summed E-state index contributed by atoms with van der Waals surface area (Å²) in [6, 6.07) is 11.4. The third kappa shape index (κ3) is 4.16. The van der Waals surface area contributed by atoms with E-state index in [1.807, 2.05) is 24.4 Å². The van der Waals surface area contributed by atoms with E-state index in [1.54, 1.807) is 54.2 Å². The second-order valence-corrected chi connectivity index (χ2v) is 8.56. The standard InChI is InChI=1S/C25H19FN6OS/c1-14-2-7-20(26)21(8-14)32-25(33)31-17-5-3-15(4-6-17)19-12-34-23-18(11-30-24(27)22(19)23)16-9-28-13-29-10-16/h2-13H,1H3,(H2,27,30)(H2,31,32,33). The predicted octanol–water partition coefficient (Wildman–Crippen LogP) is 6.09. The van der Waals surface area contributed by atoms with Gasteiger partial charge < -0.3 is 16.4 Å². The number of halogens is 1. The molecule has 3 heterocycles. The van der Waals surface area contributed by atoms with Gasteiger partial charge in [-0.2, -0.15) is 0 Å². The summed E-state index contributed by atoms with van der Waals surface area (Å²) >= 11 is 1.57. The number of nitrogen functional groups attached to an aromatic ring is 1. The Labute approximate surface area is 198 Å². The fourth-order valence-electron chi connectivity index (χ4n) is 3.68. The molecule has 2 aromatic carbocycles. The van der Waals surface area contributed by atoms with Gasteiger partial charge in [0.05, 0.1) is 5.69 Å². The maximum Gasteiger partial charge on any atom is 0.323 e. The lowest BCUT2D eigenvalue weighted by atomic mass is 10.0. The van der Waals surface area contributed by atoms with Crippen LogP contribution in [0.2, 0.25) is 0 Å². The van der Waals surface area contributed by atoms with E-state index >= 15 is 0 Å². The maximum absolute atomic E-state index is 13.9. The summed E-state index contributed by atoms with van der Waals surface area (Å²) < 4.78 is 14.9. The number of rotatable bonds is 4. The highest BCUT2D eigenvalue weighted by Crippen LogP contribution is 2.41. The zero-order valence-electron chi connectivity index (χ0n) is 18.0. The number of nitrogens with one attached hydrogen (secondary N) is 2. The number of hydrogen-bond acceptors (Lipinski definition) is 6. The minimum absolute atomic E-state index is 0.126. The van der Waals surface area contributed by atoms with Crippen LogP contribution in [0.15, 0.2) is 72.8 Å². The highest BCUT2D eigenvalue weighted by Gasteiger charge is 2.16. The molecule has 168 valence electrons. The van der Waals surface area contributed by atoms with Gasteiger partial charge in [0.15, 0.2) is 0 Å². The van der Waals surface area contributed by atoms with Crippen molar-refractivity contribution in [1.29, 1.82) is 0 Å². The van der Waals surface area contributed by atoms with Crippen molar-refractivity contribution in [2.45, 2.75) is 6.92 Å². The Hall–Kier alpha value is -4.37. The summed E-state index contributed by atoms with van der Waals surface area (Å²) in [7, 11) is 0. The lowest BCUT2D eigenvalue weighted by Gasteiger charge is -2.10. The van der Waals surface area contributed by atoms with E-state index < -0.39 is 11.8 Å². The number of amides is 2. The largest absolute Gasteiger partial charge is 0.383 e. The number of pyridine rings is 1. The first-order chi connectivity index (χ1) is 16.5. The SMILES string of the molecule is Cc1ccc(F)c(NC(=O)Nc2ccc(-c3csc4c(-c5cncnc5)cnc(N)c34)cc2)c1. The quantitative estimate of drug-likeness (QED) is 0.295. The summed E-state index contributed by atoms with van der Waals surface area (Å²) in [6.07, 6.45) is 6.71. The second-order valence-electron chi connectivity index (χ2n) is 7.68. The van der Waals surface area contributed by atoms with E-state index in [2.05, 4.69) is 25.6 Å². The predicted molar refractivity (Wildman–Crippen MR) is 134 cm³/mol. The van der Waals surface area contributed by atoms with Crippen LogP contribution < -0.4 is 16.4 Å². The topological polar surface area (TPSA) is 106 Å². The van der Waals surface area contributed by atoms with Gasteiger partial charge in [0.1, 0.15) is 18.0 Å². The number of urea groups is 1. The lowest BCUT2D eigenvalue weighted by molar-refractivity contribution is 0.262. The number of nitrogens with zero attached hydrogens (tertiary/aromatic N) is 3. The molecule has 0 fully saturated rings. The van der Waals surface area contributed by atoms with E-state index in [0.717, 1.165) is 37.9 Å². The normalized spacial score (nSPS) is 10.9. The average molecular weight is 471 g/mol. The first kappa shape index (κ1) is 21.5. The number of thiophene rings is 1. The third-order valence-electron chi connectivity index (χ3n) is 5.32. The van der Waals surface area contributed by atoms with Crippen molar-refractivity contribution in [2.75, 3.05) is 16.4 Å². The van der Waals surface area contributed by atoms with E-state index in [9.17, 15) is 9.18 Å². The molecule has 0 aliphatic heterocycles. The number of anilines is 3. The maximum atomic E-state index is 13.9.